The van der Waals surface area contributed by atoms with Crippen molar-refractivity contribution in [2.24, 2.45) is 0 Å². The van der Waals surface area contributed by atoms with Crippen LogP contribution in [0.3, 0.4) is 0 Å². The molecule has 0 N–H and O–H groups in total. The Morgan fingerprint density at radius 3 is 1.10 bits per heavy atom. The van der Waals surface area contributed by atoms with E-state index in [0.29, 0.717) is 0 Å². The van der Waals surface area contributed by atoms with Gasteiger partial charge in [0.15, 0.2) is 18.9 Å². The standard InChI is InChI=1S/C17H30O2.C11H18O2.C10H19BrO2.B10.B9.B8/c1-2-3-4-5-6-7-8-9-10-12-15-18-17-14-11-13-16-19-17;1-2-3-4-6-9-12-11-8-5-7-10-13-11;11-7-3-1-4-8-12-10-6-2-5-9-13-10;1-7(2)10(8(3)4)9(5)6;1-6-9(7(2)3)8(4)5;1-6(2)8(5)7(3)4/h17H,2-6,9-16H2,1H3;1,11H,3-10H2;10H,1-9H2;;;. The number of alkyl halides is 1. The molecule has 0 spiro atoms. The van der Waals surface area contributed by atoms with Crippen molar-refractivity contribution in [3.63, 3.8) is 0 Å². The second-order valence-corrected chi connectivity index (χ2v) is 18.8. The maximum Gasteiger partial charge on any atom is 0.157 e. The minimum Gasteiger partial charge on any atom is -0.353 e. The first kappa shape index (κ1) is 77.3. The van der Waals surface area contributed by atoms with E-state index in [1.54, 1.807) is 0 Å². The molecule has 0 saturated carbocycles. The molecule has 3 atom stereocenters. The van der Waals surface area contributed by atoms with Crippen LogP contribution >= 0.6 is 15.9 Å². The number of ether oxygens (including phenoxy) is 6. The third-order valence-electron chi connectivity index (χ3n) is 11.1. The van der Waals surface area contributed by atoms with Gasteiger partial charge in [0.25, 0.3) is 0 Å². The number of terminal acetylenes is 1. The second kappa shape index (κ2) is 56.8. The third kappa shape index (κ3) is 51.8. The van der Waals surface area contributed by atoms with E-state index < -0.39 is 57.5 Å². The average Bonchev–Trinajstić information content (AvgIpc) is 3.34. The first-order chi connectivity index (χ1) is 34.4. The Morgan fingerprint density at radius 2 is 0.847 bits per heavy atom. The van der Waals surface area contributed by atoms with Gasteiger partial charge in [0.2, 0.25) is 0 Å². The lowest BCUT2D eigenvalue weighted by Gasteiger charge is -2.23. The zero-order chi connectivity index (χ0) is 54.8. The molecule has 3 rings (SSSR count). The van der Waals surface area contributed by atoms with Crippen LogP contribution in [0.1, 0.15) is 155 Å². The van der Waals surface area contributed by atoms with E-state index in [1.165, 1.54) is 84.1 Å². The third-order valence-corrected chi connectivity index (χ3v) is 11.7. The van der Waals surface area contributed by atoms with Crippen LogP contribution < -0.4 is 0 Å². The van der Waals surface area contributed by atoms with Crippen molar-refractivity contribution in [2.45, 2.75) is 173 Å². The van der Waals surface area contributed by atoms with Gasteiger partial charge in [-0.15, -0.1) is 24.2 Å². The molecule has 3 heterocycles. The highest BCUT2D eigenvalue weighted by Gasteiger charge is 2.25. The van der Waals surface area contributed by atoms with Crippen LogP contribution in [0.5, 0.6) is 0 Å². The monoisotopic (exact) mass is 996 g/mol. The van der Waals surface area contributed by atoms with Gasteiger partial charge in [0, 0.05) is 259 Å². The largest absolute Gasteiger partial charge is 0.353 e. The summed E-state index contributed by atoms with van der Waals surface area (Å²) in [6, 6.07) is 0. The lowest BCUT2D eigenvalue weighted by molar-refractivity contribution is -0.163. The predicted octanol–water partition coefficient (Wildman–Crippen LogP) is -0.180. The summed E-state index contributed by atoms with van der Waals surface area (Å²) in [7, 11) is 85.0. The normalized spacial score (nSPS) is 16.3. The van der Waals surface area contributed by atoms with E-state index in [1.807, 2.05) is 0 Å². The number of hydrogen-bond acceptors (Lipinski definition) is 6. The molecular formula is C38H67B27BrO6. The first-order valence-corrected chi connectivity index (χ1v) is 27.6. The van der Waals surface area contributed by atoms with Crippen molar-refractivity contribution in [3.05, 3.63) is 0 Å². The van der Waals surface area contributed by atoms with Crippen LogP contribution in [0, 0.1) is 24.2 Å². The van der Waals surface area contributed by atoms with Crippen molar-refractivity contribution in [1.29, 1.82) is 0 Å². The Labute approximate surface area is 478 Å². The molecule has 3 aliphatic rings. The lowest BCUT2D eigenvalue weighted by atomic mass is 8.58. The highest BCUT2D eigenvalue weighted by Crippen LogP contribution is 2.16. The van der Waals surface area contributed by atoms with Gasteiger partial charge in [-0.1, -0.05) is 48.5 Å². The number of unbranched alkanes of at least 4 members (excludes halogenated alkanes) is 10. The van der Waals surface area contributed by atoms with Gasteiger partial charge >= 0.3 is 0 Å². The summed E-state index contributed by atoms with van der Waals surface area (Å²) in [5.74, 6) is 9.15. The number of rotatable bonds is 28. The minimum absolute atomic E-state index is 0.0552. The fraction of sp³-hybridized carbons (Fsp3) is 0.895. The van der Waals surface area contributed by atoms with Crippen LogP contribution in [-0.2, 0) is 28.4 Å². The molecule has 72 heavy (non-hydrogen) atoms. The van der Waals surface area contributed by atoms with E-state index in [2.05, 4.69) is 40.6 Å². The Kier molecular flexibility index (Phi) is 61.0. The summed E-state index contributed by atoms with van der Waals surface area (Å²) in [6.07, 6.45) is 26.4. The summed E-state index contributed by atoms with van der Waals surface area (Å²) >= 11 is 3.41. The molecule has 0 aromatic carbocycles. The molecule has 0 bridgehead atoms. The summed E-state index contributed by atoms with van der Waals surface area (Å²) in [5, 5.41) is 1.10. The zero-order valence-electron chi connectivity index (χ0n) is 44.4. The quantitative estimate of drug-likeness (QED) is 0.0471. The fourth-order valence-corrected chi connectivity index (χ4v) is 6.94. The van der Waals surface area contributed by atoms with E-state index in [9.17, 15) is 0 Å². The van der Waals surface area contributed by atoms with E-state index in [4.69, 9.17) is 159 Å². The van der Waals surface area contributed by atoms with Gasteiger partial charge in [0.1, 0.15) is 0 Å². The molecule has 3 aliphatic heterocycles. The molecule has 6 nitrogen and oxygen atoms in total. The molecule has 3 fully saturated rings. The topological polar surface area (TPSA) is 55.4 Å². The smallest absolute Gasteiger partial charge is 0.157 e. The molecule has 343 valence electrons. The van der Waals surface area contributed by atoms with Crippen LogP contribution in [0.25, 0.3) is 0 Å². The molecule has 34 heteroatoms. The molecule has 0 amide bonds. The highest BCUT2D eigenvalue weighted by molar-refractivity contribution is 9.09. The summed E-state index contributed by atoms with van der Waals surface area (Å²) < 4.78 is 33.2. The Balaban J connectivity index is -0.000000815. The first-order valence-electron chi connectivity index (χ1n) is 26.4. The fourth-order valence-electron chi connectivity index (χ4n) is 6.55. The van der Waals surface area contributed by atoms with Gasteiger partial charge in [-0.3, -0.25) is 0 Å². The van der Waals surface area contributed by atoms with Crippen molar-refractivity contribution in [3.8, 4) is 24.2 Å². The average molecular weight is 992 g/mol. The summed E-state index contributed by atoms with van der Waals surface area (Å²) in [4.78, 5) is 0. The Bertz CT molecular complexity index is 1190. The van der Waals surface area contributed by atoms with Crippen LogP contribution in [0.15, 0.2) is 0 Å². The molecule has 0 aromatic rings. The van der Waals surface area contributed by atoms with Gasteiger partial charge in [-0.2, -0.15) is 0 Å². The SMILES string of the molecule is BrCCCCCOC1CCCCO1.C#CCCCCOC1CCCCO1.CCCCCCC#CCCCCOC1CCCCO1.[B]B([B])B(B([B])[B])B([B])[B].[B]B([B])B([B])B([B])[B].[B][B]B(B([B])[B])B([B])[B]. The second-order valence-electron chi connectivity index (χ2n) is 18.0. The summed E-state index contributed by atoms with van der Waals surface area (Å²) in [6.45, 7) is 7.31. The van der Waals surface area contributed by atoms with Crippen molar-refractivity contribution in [1.82, 2.24) is 0 Å². The Morgan fingerprint density at radius 1 is 0.486 bits per heavy atom. The van der Waals surface area contributed by atoms with Gasteiger partial charge < -0.3 is 28.4 Å². The lowest BCUT2D eigenvalue weighted by Crippen LogP contribution is -2.62. The molecular weight excluding hydrogens is 924 g/mol. The van der Waals surface area contributed by atoms with Gasteiger partial charge in [-0.05, 0) is 103 Å². The number of hydrogen-bond donors (Lipinski definition) is 0. The van der Waals surface area contributed by atoms with Crippen molar-refractivity contribution >= 4 is 211 Å². The molecule has 0 aromatic heterocycles. The van der Waals surface area contributed by atoms with Gasteiger partial charge in [-0.25, -0.2) is 0 Å². The van der Waals surface area contributed by atoms with E-state index >= 15 is 0 Å². The number of halogens is 1. The maximum absolute atomic E-state index is 5.68. The van der Waals surface area contributed by atoms with Crippen LogP contribution in [0.4, 0.5) is 0 Å². The highest BCUT2D eigenvalue weighted by atomic mass is 79.9. The van der Waals surface area contributed by atoms with Crippen molar-refractivity contribution < 1.29 is 28.4 Å². The zero-order valence-corrected chi connectivity index (χ0v) is 46.0. The van der Waals surface area contributed by atoms with Crippen LogP contribution in [-0.4, -0.2) is 259 Å². The van der Waals surface area contributed by atoms with E-state index in [-0.39, 0.29) is 25.3 Å². The molecule has 0 aliphatic carbocycles. The predicted molar refractivity (Wildman–Crippen MR) is 345 cm³/mol. The van der Waals surface area contributed by atoms with Crippen molar-refractivity contribution in [2.75, 3.05) is 45.0 Å². The molecule has 3 unspecified atom stereocenters. The Hall–Kier alpha value is 1.11. The molecule has 33 radical (unpaired) electrons. The van der Waals surface area contributed by atoms with Crippen LogP contribution in [0.2, 0.25) is 0 Å². The maximum atomic E-state index is 5.68. The minimum atomic E-state index is -0.667. The van der Waals surface area contributed by atoms with Gasteiger partial charge in [0.05, 0.1) is 0 Å². The molecule has 3 saturated heterocycles. The summed E-state index contributed by atoms with van der Waals surface area (Å²) in [5.41, 5.74) is 0. The van der Waals surface area contributed by atoms with E-state index in [0.717, 1.165) is 116 Å².